The lowest BCUT2D eigenvalue weighted by atomic mass is 10.0. The van der Waals surface area contributed by atoms with Gasteiger partial charge in [0.25, 0.3) is 0 Å². The van der Waals surface area contributed by atoms with Gasteiger partial charge in [-0.15, -0.1) is 0 Å². The van der Waals surface area contributed by atoms with E-state index < -0.39 is 5.97 Å². The number of nitrogens with zero attached hydrogens (tertiary/aromatic N) is 3. The second-order valence-corrected chi connectivity index (χ2v) is 6.54. The minimum absolute atomic E-state index is 0.237. The first-order chi connectivity index (χ1) is 12.4. The number of carbonyl (C=O) groups excluding carboxylic acids is 2. The molecular formula is C17H29N5O4. The summed E-state index contributed by atoms with van der Waals surface area (Å²) in [6.07, 6.45) is 1.39. The summed E-state index contributed by atoms with van der Waals surface area (Å²) >= 11 is 0. The fourth-order valence-electron chi connectivity index (χ4n) is 2.96. The van der Waals surface area contributed by atoms with Crippen molar-refractivity contribution in [1.82, 2.24) is 19.8 Å². The van der Waals surface area contributed by atoms with Crippen molar-refractivity contribution < 1.29 is 19.1 Å². The molecular weight excluding hydrogens is 338 g/mol. The zero-order valence-corrected chi connectivity index (χ0v) is 15.9. The molecule has 0 aromatic carbocycles. The molecule has 0 saturated carbocycles. The van der Waals surface area contributed by atoms with Crippen LogP contribution in [0.1, 0.15) is 31.3 Å². The number of carbonyl (C=O) groups is 2. The Morgan fingerprint density at radius 3 is 2.65 bits per heavy atom. The molecule has 26 heavy (non-hydrogen) atoms. The summed E-state index contributed by atoms with van der Waals surface area (Å²) in [6.45, 7) is 10.0. The van der Waals surface area contributed by atoms with Gasteiger partial charge in [0.2, 0.25) is 5.95 Å². The number of hydrogen-bond donors (Lipinski definition) is 2. The Kier molecular flexibility index (Phi) is 7.40. The van der Waals surface area contributed by atoms with Crippen LogP contribution in [0.15, 0.2) is 6.20 Å². The molecule has 0 radical (unpaired) electrons. The molecule has 1 aromatic rings. The smallest absolute Gasteiger partial charge is 0.356 e. The molecule has 1 unspecified atom stereocenters. The van der Waals surface area contributed by atoms with Crippen molar-refractivity contribution in [2.75, 3.05) is 44.8 Å². The summed E-state index contributed by atoms with van der Waals surface area (Å²) in [5, 5.41) is 5.57. The third kappa shape index (κ3) is 5.18. The summed E-state index contributed by atoms with van der Waals surface area (Å²) < 4.78 is 11.9. The predicted molar refractivity (Wildman–Crippen MR) is 97.2 cm³/mol. The van der Waals surface area contributed by atoms with E-state index in [1.807, 2.05) is 0 Å². The maximum absolute atomic E-state index is 12.2. The first-order valence-electron chi connectivity index (χ1n) is 8.99. The van der Waals surface area contributed by atoms with Gasteiger partial charge in [0, 0.05) is 32.7 Å². The average Bonchev–Trinajstić information content (AvgIpc) is 2.96. The monoisotopic (exact) mass is 367 g/mol. The van der Waals surface area contributed by atoms with Gasteiger partial charge in [-0.1, -0.05) is 13.8 Å². The van der Waals surface area contributed by atoms with E-state index in [0.29, 0.717) is 12.5 Å². The summed E-state index contributed by atoms with van der Waals surface area (Å²) in [6, 6.07) is -0.117. The number of urea groups is 1. The van der Waals surface area contributed by atoms with Crippen LogP contribution in [0, 0.1) is 5.92 Å². The third-order valence-corrected chi connectivity index (χ3v) is 4.45. The van der Waals surface area contributed by atoms with Gasteiger partial charge in [-0.25, -0.2) is 14.6 Å². The Hall–Kier alpha value is -2.13. The Morgan fingerprint density at radius 2 is 2.04 bits per heavy atom. The molecule has 0 aliphatic carbocycles. The van der Waals surface area contributed by atoms with Crippen LogP contribution in [0.5, 0.6) is 0 Å². The van der Waals surface area contributed by atoms with Gasteiger partial charge >= 0.3 is 12.0 Å². The number of rotatable bonds is 7. The largest absolute Gasteiger partial charge is 0.461 e. The molecule has 2 amide bonds. The van der Waals surface area contributed by atoms with E-state index in [0.717, 1.165) is 26.3 Å². The van der Waals surface area contributed by atoms with Crippen molar-refractivity contribution in [3.8, 4) is 0 Å². The maximum atomic E-state index is 12.2. The number of anilines is 1. The van der Waals surface area contributed by atoms with E-state index in [-0.39, 0.29) is 30.3 Å². The maximum Gasteiger partial charge on any atom is 0.356 e. The minimum Gasteiger partial charge on any atom is -0.461 e. The molecule has 1 aromatic heterocycles. The topological polar surface area (TPSA) is 97.7 Å². The standard InChI is InChI=1S/C17H29N5O4/c1-5-26-15(23)14-11-18-16(21(14)4)20-17(24)19-10-13(12(2)3)22-6-8-25-9-7-22/h11-13H,5-10H2,1-4H3,(H2,18,19,20,24). The van der Waals surface area contributed by atoms with Crippen molar-refractivity contribution in [2.45, 2.75) is 26.8 Å². The fraction of sp³-hybridized carbons (Fsp3) is 0.706. The van der Waals surface area contributed by atoms with Gasteiger partial charge in [0.15, 0.2) is 0 Å². The average molecular weight is 367 g/mol. The van der Waals surface area contributed by atoms with Crippen molar-refractivity contribution in [3.05, 3.63) is 11.9 Å². The molecule has 2 rings (SSSR count). The molecule has 9 heteroatoms. The van der Waals surface area contributed by atoms with Gasteiger partial charge in [-0.3, -0.25) is 10.2 Å². The molecule has 1 aliphatic rings. The summed E-state index contributed by atoms with van der Waals surface area (Å²) in [7, 11) is 1.65. The number of hydrogen-bond acceptors (Lipinski definition) is 6. The lowest BCUT2D eigenvalue weighted by molar-refractivity contribution is 0.00728. The van der Waals surface area contributed by atoms with Crippen LogP contribution in [-0.4, -0.2) is 71.9 Å². The van der Waals surface area contributed by atoms with Gasteiger partial charge < -0.3 is 19.4 Å². The lowest BCUT2D eigenvalue weighted by Crippen LogP contribution is -2.51. The van der Waals surface area contributed by atoms with E-state index in [4.69, 9.17) is 9.47 Å². The van der Waals surface area contributed by atoms with Crippen molar-refractivity contribution in [3.63, 3.8) is 0 Å². The SMILES string of the molecule is CCOC(=O)c1cnc(NC(=O)NCC(C(C)C)N2CCOCC2)n1C. The third-order valence-electron chi connectivity index (χ3n) is 4.45. The van der Waals surface area contributed by atoms with E-state index in [1.165, 1.54) is 10.8 Å². The molecule has 1 saturated heterocycles. The van der Waals surface area contributed by atoms with E-state index in [1.54, 1.807) is 14.0 Å². The molecule has 1 aliphatic heterocycles. The van der Waals surface area contributed by atoms with Crippen LogP contribution >= 0.6 is 0 Å². The highest BCUT2D eigenvalue weighted by Gasteiger charge is 2.24. The molecule has 1 atom stereocenters. The number of esters is 1. The van der Waals surface area contributed by atoms with Crippen molar-refractivity contribution >= 4 is 17.9 Å². The van der Waals surface area contributed by atoms with Gasteiger partial charge in [-0.2, -0.15) is 0 Å². The zero-order chi connectivity index (χ0) is 19.1. The van der Waals surface area contributed by atoms with Gasteiger partial charge in [0.1, 0.15) is 5.69 Å². The molecule has 0 bridgehead atoms. The second kappa shape index (κ2) is 9.54. The van der Waals surface area contributed by atoms with Crippen LogP contribution < -0.4 is 10.6 Å². The van der Waals surface area contributed by atoms with Crippen LogP contribution in [0.4, 0.5) is 10.7 Å². The Balaban J connectivity index is 1.90. The lowest BCUT2D eigenvalue weighted by Gasteiger charge is -2.36. The quantitative estimate of drug-likeness (QED) is 0.700. The number of nitrogens with one attached hydrogen (secondary N) is 2. The number of morpholine rings is 1. The molecule has 146 valence electrons. The number of ether oxygens (including phenoxy) is 2. The minimum atomic E-state index is -0.469. The molecule has 2 heterocycles. The van der Waals surface area contributed by atoms with Crippen LogP contribution in [0.2, 0.25) is 0 Å². The molecule has 9 nitrogen and oxygen atoms in total. The van der Waals surface area contributed by atoms with Crippen LogP contribution in [0.25, 0.3) is 0 Å². The van der Waals surface area contributed by atoms with Crippen molar-refractivity contribution in [2.24, 2.45) is 13.0 Å². The Bertz CT molecular complexity index is 610. The summed E-state index contributed by atoms with van der Waals surface area (Å²) in [5.41, 5.74) is 0.288. The van der Waals surface area contributed by atoms with Crippen molar-refractivity contribution in [1.29, 1.82) is 0 Å². The highest BCUT2D eigenvalue weighted by molar-refractivity contribution is 5.91. The van der Waals surface area contributed by atoms with Crippen LogP contribution in [-0.2, 0) is 16.5 Å². The fourth-order valence-corrected chi connectivity index (χ4v) is 2.96. The molecule has 2 N–H and O–H groups in total. The zero-order valence-electron chi connectivity index (χ0n) is 15.9. The Labute approximate surface area is 154 Å². The molecule has 0 spiro atoms. The predicted octanol–water partition coefficient (Wildman–Crippen LogP) is 1.08. The van der Waals surface area contributed by atoms with E-state index in [9.17, 15) is 9.59 Å². The summed E-state index contributed by atoms with van der Waals surface area (Å²) in [4.78, 5) is 30.5. The first kappa shape index (κ1) is 20.2. The summed E-state index contributed by atoms with van der Waals surface area (Å²) in [5.74, 6) is 0.221. The second-order valence-electron chi connectivity index (χ2n) is 6.54. The van der Waals surface area contributed by atoms with Gasteiger partial charge in [-0.05, 0) is 12.8 Å². The number of aromatic nitrogens is 2. The number of imidazole rings is 1. The van der Waals surface area contributed by atoms with Crippen LogP contribution in [0.3, 0.4) is 0 Å². The van der Waals surface area contributed by atoms with E-state index >= 15 is 0 Å². The number of amides is 2. The first-order valence-corrected chi connectivity index (χ1v) is 8.99. The Morgan fingerprint density at radius 1 is 1.35 bits per heavy atom. The molecule has 1 fully saturated rings. The van der Waals surface area contributed by atoms with Gasteiger partial charge in [0.05, 0.1) is 26.0 Å². The highest BCUT2D eigenvalue weighted by atomic mass is 16.5. The normalized spacial score (nSPS) is 16.3. The highest BCUT2D eigenvalue weighted by Crippen LogP contribution is 2.13. The van der Waals surface area contributed by atoms with E-state index in [2.05, 4.69) is 34.4 Å².